The predicted octanol–water partition coefficient (Wildman–Crippen LogP) is 3.61. The second-order valence-corrected chi connectivity index (χ2v) is 4.68. The number of hydrogen-bond acceptors (Lipinski definition) is 2. The maximum absolute atomic E-state index is 10.9. The smallest absolute Gasteiger partial charge is 0.335 e. The minimum Gasteiger partial charge on any atom is -0.478 e. The van der Waals surface area contributed by atoms with Crippen LogP contribution in [0.15, 0.2) is 42.5 Å². The molecule has 0 heterocycles. The van der Waals surface area contributed by atoms with Gasteiger partial charge >= 0.3 is 5.97 Å². The molecule has 2 N–H and O–H groups in total. The molecule has 3 nitrogen and oxygen atoms in total. The summed E-state index contributed by atoms with van der Waals surface area (Å²) in [5, 5.41) is 12.3. The van der Waals surface area contributed by atoms with Gasteiger partial charge in [0.1, 0.15) is 0 Å². The lowest BCUT2D eigenvalue weighted by Gasteiger charge is -2.10. The summed E-state index contributed by atoms with van der Waals surface area (Å²) in [7, 11) is 0. The SMILES string of the molecule is Cc1ccc(NCc2cccc(C(=O)O)c2)c(C)c1. The molecule has 0 unspecified atom stereocenters. The van der Waals surface area contributed by atoms with Crippen LogP contribution in [0.1, 0.15) is 27.0 Å². The van der Waals surface area contributed by atoms with E-state index in [4.69, 9.17) is 5.11 Å². The van der Waals surface area contributed by atoms with Crippen molar-refractivity contribution in [2.75, 3.05) is 5.32 Å². The van der Waals surface area contributed by atoms with Crippen molar-refractivity contribution in [2.24, 2.45) is 0 Å². The summed E-state index contributed by atoms with van der Waals surface area (Å²) in [6, 6.07) is 13.2. The molecule has 0 radical (unpaired) electrons. The molecule has 3 heteroatoms. The van der Waals surface area contributed by atoms with Gasteiger partial charge in [0, 0.05) is 12.2 Å². The molecule has 0 amide bonds. The number of aromatic carboxylic acids is 1. The van der Waals surface area contributed by atoms with E-state index in [0.717, 1.165) is 11.3 Å². The number of carbonyl (C=O) groups is 1. The van der Waals surface area contributed by atoms with Crippen LogP contribution in [0.3, 0.4) is 0 Å². The molecule has 2 aromatic carbocycles. The van der Waals surface area contributed by atoms with E-state index in [-0.39, 0.29) is 0 Å². The quantitative estimate of drug-likeness (QED) is 0.877. The molecule has 0 aromatic heterocycles. The summed E-state index contributed by atoms with van der Waals surface area (Å²) in [4.78, 5) is 10.9. The number of anilines is 1. The van der Waals surface area contributed by atoms with Gasteiger partial charge in [-0.15, -0.1) is 0 Å². The minimum absolute atomic E-state index is 0.319. The Balaban J connectivity index is 2.10. The van der Waals surface area contributed by atoms with Gasteiger partial charge in [0.15, 0.2) is 0 Å². The number of aryl methyl sites for hydroxylation is 2. The molecule has 0 fully saturated rings. The number of nitrogens with one attached hydrogen (secondary N) is 1. The third kappa shape index (κ3) is 3.35. The van der Waals surface area contributed by atoms with E-state index in [0.29, 0.717) is 12.1 Å². The molecule has 0 aliphatic carbocycles. The highest BCUT2D eigenvalue weighted by Gasteiger charge is 2.03. The molecule has 2 rings (SSSR count). The van der Waals surface area contributed by atoms with Gasteiger partial charge in [-0.3, -0.25) is 0 Å². The van der Waals surface area contributed by atoms with Gasteiger partial charge in [-0.25, -0.2) is 4.79 Å². The van der Waals surface area contributed by atoms with Crippen LogP contribution in [0, 0.1) is 13.8 Å². The maximum atomic E-state index is 10.9. The summed E-state index contributed by atoms with van der Waals surface area (Å²) in [6.07, 6.45) is 0. The lowest BCUT2D eigenvalue weighted by Crippen LogP contribution is -2.03. The van der Waals surface area contributed by atoms with Gasteiger partial charge in [-0.1, -0.05) is 29.8 Å². The first kappa shape index (κ1) is 13.1. The van der Waals surface area contributed by atoms with Crippen LogP contribution in [-0.2, 0) is 6.54 Å². The zero-order valence-electron chi connectivity index (χ0n) is 11.1. The molecular formula is C16H17NO2. The molecule has 0 aliphatic heterocycles. The highest BCUT2D eigenvalue weighted by atomic mass is 16.4. The first-order chi connectivity index (χ1) is 9.06. The van der Waals surface area contributed by atoms with Gasteiger partial charge in [0.25, 0.3) is 0 Å². The maximum Gasteiger partial charge on any atom is 0.335 e. The molecule has 0 bridgehead atoms. The lowest BCUT2D eigenvalue weighted by atomic mass is 10.1. The fourth-order valence-corrected chi connectivity index (χ4v) is 2.02. The van der Waals surface area contributed by atoms with E-state index < -0.39 is 5.97 Å². The zero-order valence-corrected chi connectivity index (χ0v) is 11.1. The standard InChI is InChI=1S/C16H17NO2/c1-11-6-7-15(12(2)8-11)17-10-13-4-3-5-14(9-13)16(18)19/h3-9,17H,10H2,1-2H3,(H,18,19). The van der Waals surface area contributed by atoms with Gasteiger partial charge in [-0.2, -0.15) is 0 Å². The highest BCUT2D eigenvalue weighted by Crippen LogP contribution is 2.17. The normalized spacial score (nSPS) is 10.2. The molecule has 98 valence electrons. The van der Waals surface area contributed by atoms with Crippen LogP contribution in [-0.4, -0.2) is 11.1 Å². The summed E-state index contributed by atoms with van der Waals surface area (Å²) in [6.45, 7) is 4.74. The minimum atomic E-state index is -0.895. The van der Waals surface area contributed by atoms with Crippen molar-refractivity contribution in [3.63, 3.8) is 0 Å². The second kappa shape index (κ2) is 5.57. The lowest BCUT2D eigenvalue weighted by molar-refractivity contribution is 0.0697. The van der Waals surface area contributed by atoms with Gasteiger partial charge in [-0.05, 0) is 43.2 Å². The largest absolute Gasteiger partial charge is 0.478 e. The van der Waals surface area contributed by atoms with Crippen molar-refractivity contribution >= 4 is 11.7 Å². The molecule has 0 saturated carbocycles. The number of carboxylic acids is 1. The van der Waals surface area contributed by atoms with Crippen molar-refractivity contribution in [3.05, 3.63) is 64.7 Å². The number of benzene rings is 2. The Morgan fingerprint density at radius 1 is 1.16 bits per heavy atom. The molecule has 0 spiro atoms. The Morgan fingerprint density at radius 3 is 2.63 bits per heavy atom. The van der Waals surface area contributed by atoms with E-state index in [9.17, 15) is 4.79 Å². The molecule has 2 aromatic rings. The van der Waals surface area contributed by atoms with E-state index in [1.807, 2.05) is 12.1 Å². The van der Waals surface area contributed by atoms with Crippen molar-refractivity contribution in [2.45, 2.75) is 20.4 Å². The summed E-state index contributed by atoms with van der Waals surface area (Å²) >= 11 is 0. The summed E-state index contributed by atoms with van der Waals surface area (Å²) < 4.78 is 0. The van der Waals surface area contributed by atoms with Gasteiger partial charge < -0.3 is 10.4 Å². The Kier molecular flexibility index (Phi) is 3.85. The van der Waals surface area contributed by atoms with Crippen LogP contribution < -0.4 is 5.32 Å². The van der Waals surface area contributed by atoms with Crippen molar-refractivity contribution in [3.8, 4) is 0 Å². The van der Waals surface area contributed by atoms with Gasteiger partial charge in [0.05, 0.1) is 5.56 Å². The summed E-state index contributed by atoms with van der Waals surface area (Å²) in [5.74, 6) is -0.895. The third-order valence-corrected chi connectivity index (χ3v) is 3.04. The monoisotopic (exact) mass is 255 g/mol. The van der Waals surface area contributed by atoms with Crippen LogP contribution in [0.25, 0.3) is 0 Å². The van der Waals surface area contributed by atoms with E-state index in [1.165, 1.54) is 11.1 Å². The van der Waals surface area contributed by atoms with Crippen LogP contribution in [0.5, 0.6) is 0 Å². The Hall–Kier alpha value is -2.29. The van der Waals surface area contributed by atoms with Crippen molar-refractivity contribution < 1.29 is 9.90 Å². The van der Waals surface area contributed by atoms with Crippen molar-refractivity contribution in [1.82, 2.24) is 0 Å². The average molecular weight is 255 g/mol. The molecule has 0 aliphatic rings. The number of rotatable bonds is 4. The van der Waals surface area contributed by atoms with Crippen LogP contribution >= 0.6 is 0 Å². The third-order valence-electron chi connectivity index (χ3n) is 3.04. The van der Waals surface area contributed by atoms with E-state index in [2.05, 4.69) is 31.3 Å². The number of hydrogen-bond donors (Lipinski definition) is 2. The Labute approximate surface area is 112 Å². The predicted molar refractivity (Wildman–Crippen MR) is 76.6 cm³/mol. The Morgan fingerprint density at radius 2 is 1.95 bits per heavy atom. The van der Waals surface area contributed by atoms with Crippen molar-refractivity contribution in [1.29, 1.82) is 0 Å². The van der Waals surface area contributed by atoms with Gasteiger partial charge in [0.2, 0.25) is 0 Å². The topological polar surface area (TPSA) is 49.3 Å². The zero-order chi connectivity index (χ0) is 13.8. The first-order valence-electron chi connectivity index (χ1n) is 6.19. The fourth-order valence-electron chi connectivity index (χ4n) is 2.02. The Bertz CT molecular complexity index is 605. The molecule has 19 heavy (non-hydrogen) atoms. The molecule has 0 atom stereocenters. The number of carboxylic acid groups (broad SMARTS) is 1. The second-order valence-electron chi connectivity index (χ2n) is 4.68. The van der Waals surface area contributed by atoms with Crippen LogP contribution in [0.4, 0.5) is 5.69 Å². The summed E-state index contributed by atoms with van der Waals surface area (Å²) in [5.41, 5.74) is 4.77. The van der Waals surface area contributed by atoms with Crippen LogP contribution in [0.2, 0.25) is 0 Å². The van der Waals surface area contributed by atoms with E-state index >= 15 is 0 Å². The van der Waals surface area contributed by atoms with E-state index in [1.54, 1.807) is 18.2 Å². The first-order valence-corrected chi connectivity index (χ1v) is 6.19. The average Bonchev–Trinajstić information content (AvgIpc) is 2.38. The fraction of sp³-hybridized carbons (Fsp3) is 0.188. The molecular weight excluding hydrogens is 238 g/mol. The highest BCUT2D eigenvalue weighted by molar-refractivity contribution is 5.87. The molecule has 0 saturated heterocycles.